The molecule has 0 spiro atoms. The average molecular weight is 301 g/mol. The summed E-state index contributed by atoms with van der Waals surface area (Å²) >= 11 is 0. The smallest absolute Gasteiger partial charge is 0.231 e. The van der Waals surface area contributed by atoms with Gasteiger partial charge in [0.2, 0.25) is 12.7 Å². The van der Waals surface area contributed by atoms with Crippen molar-refractivity contribution in [2.45, 2.75) is 33.2 Å². The monoisotopic (exact) mass is 301 g/mol. The van der Waals surface area contributed by atoms with Crippen molar-refractivity contribution in [3.8, 4) is 11.5 Å². The molecule has 116 valence electrons. The molecule has 0 saturated heterocycles. The van der Waals surface area contributed by atoms with E-state index in [1.54, 1.807) is 18.2 Å². The molecule has 1 amide bonds. The largest absolute Gasteiger partial charge is 0.454 e. The van der Waals surface area contributed by atoms with Gasteiger partial charge < -0.3 is 14.8 Å². The van der Waals surface area contributed by atoms with Crippen molar-refractivity contribution in [3.63, 3.8) is 0 Å². The Morgan fingerprint density at radius 2 is 2.09 bits per heavy atom. The van der Waals surface area contributed by atoms with Crippen LogP contribution in [0.25, 0.3) is 0 Å². The highest BCUT2D eigenvalue weighted by molar-refractivity contribution is 5.91. The summed E-state index contributed by atoms with van der Waals surface area (Å²) in [6, 6.07) is 7.38. The van der Waals surface area contributed by atoms with Gasteiger partial charge >= 0.3 is 0 Å². The number of fused-ring (bicyclic) bond motifs is 1. The van der Waals surface area contributed by atoms with E-state index in [-0.39, 0.29) is 18.7 Å². The molecular formula is C16H19N3O3. The third kappa shape index (κ3) is 2.90. The minimum absolute atomic E-state index is 0.00251. The number of rotatable bonds is 4. The third-order valence-corrected chi connectivity index (χ3v) is 3.60. The van der Waals surface area contributed by atoms with Crippen LogP contribution in [0.1, 0.15) is 30.8 Å². The summed E-state index contributed by atoms with van der Waals surface area (Å²) in [6.07, 6.45) is 0.358. The van der Waals surface area contributed by atoms with Crippen LogP contribution < -0.4 is 14.8 Å². The second kappa shape index (κ2) is 5.71. The Morgan fingerprint density at radius 3 is 2.82 bits per heavy atom. The van der Waals surface area contributed by atoms with Crippen molar-refractivity contribution in [1.29, 1.82) is 0 Å². The summed E-state index contributed by atoms with van der Waals surface area (Å²) in [5, 5.41) is 7.30. The lowest BCUT2D eigenvalue weighted by Crippen LogP contribution is -2.19. The van der Waals surface area contributed by atoms with E-state index in [1.165, 1.54) is 0 Å². The lowest BCUT2D eigenvalue weighted by Gasteiger charge is -2.14. The Hall–Kier alpha value is -2.50. The Morgan fingerprint density at radius 1 is 1.32 bits per heavy atom. The lowest BCUT2D eigenvalue weighted by atomic mass is 10.2. The Balaban J connectivity index is 1.64. The van der Waals surface area contributed by atoms with E-state index >= 15 is 0 Å². The Kier molecular flexibility index (Phi) is 3.75. The van der Waals surface area contributed by atoms with E-state index in [4.69, 9.17) is 9.47 Å². The van der Waals surface area contributed by atoms with Gasteiger partial charge in [0, 0.05) is 23.9 Å². The van der Waals surface area contributed by atoms with E-state index in [1.807, 2.05) is 31.5 Å². The highest BCUT2D eigenvalue weighted by Gasteiger charge is 2.16. The normalized spacial score (nSPS) is 14.0. The number of nitrogens with one attached hydrogen (secondary N) is 1. The van der Waals surface area contributed by atoms with Crippen molar-refractivity contribution in [2.75, 3.05) is 12.1 Å². The highest BCUT2D eigenvalue weighted by atomic mass is 16.7. The topological polar surface area (TPSA) is 65.4 Å². The molecule has 1 aromatic heterocycles. The van der Waals surface area contributed by atoms with Crippen molar-refractivity contribution >= 4 is 11.6 Å². The van der Waals surface area contributed by atoms with Gasteiger partial charge in [0.05, 0.1) is 11.7 Å². The standard InChI is InChI=1S/C16H19N3O3/c1-10-6-11(2)19(18-10)12(3)7-16(20)17-13-4-5-14-15(8-13)22-9-21-14/h4-6,8,12H,7,9H2,1-3H3,(H,17,20)/t12-/m1/s1. The number of nitrogens with zero attached hydrogens (tertiary/aromatic N) is 2. The van der Waals surface area contributed by atoms with Crippen LogP contribution in [0.4, 0.5) is 5.69 Å². The highest BCUT2D eigenvalue weighted by Crippen LogP contribution is 2.34. The Labute approximate surface area is 129 Å². The molecule has 0 unspecified atom stereocenters. The molecule has 1 aliphatic rings. The molecule has 6 nitrogen and oxygen atoms in total. The average Bonchev–Trinajstić information content (AvgIpc) is 3.04. The van der Waals surface area contributed by atoms with Crippen LogP contribution >= 0.6 is 0 Å². The number of hydrogen-bond donors (Lipinski definition) is 1. The first kappa shape index (κ1) is 14.4. The van der Waals surface area contributed by atoms with E-state index in [2.05, 4.69) is 10.4 Å². The number of aryl methyl sites for hydroxylation is 2. The molecule has 2 aromatic rings. The SMILES string of the molecule is Cc1cc(C)n([C@H](C)CC(=O)Nc2ccc3c(c2)OCO3)n1. The van der Waals surface area contributed by atoms with Gasteiger partial charge in [0.25, 0.3) is 0 Å². The predicted molar refractivity (Wildman–Crippen MR) is 82.2 cm³/mol. The fourth-order valence-electron chi connectivity index (χ4n) is 2.63. The zero-order valence-electron chi connectivity index (χ0n) is 12.9. The zero-order valence-corrected chi connectivity index (χ0v) is 12.9. The van der Waals surface area contributed by atoms with Crippen LogP contribution in [0.15, 0.2) is 24.3 Å². The van der Waals surface area contributed by atoms with Crippen molar-refractivity contribution in [2.24, 2.45) is 0 Å². The van der Waals surface area contributed by atoms with Gasteiger partial charge in [-0.15, -0.1) is 0 Å². The zero-order chi connectivity index (χ0) is 15.7. The van der Waals surface area contributed by atoms with Gasteiger partial charge in [-0.3, -0.25) is 9.48 Å². The number of benzene rings is 1. The molecule has 6 heteroatoms. The predicted octanol–water partition coefficient (Wildman–Crippen LogP) is 2.82. The molecule has 1 N–H and O–H groups in total. The fraction of sp³-hybridized carbons (Fsp3) is 0.375. The van der Waals surface area contributed by atoms with Crippen LogP contribution in [0.2, 0.25) is 0 Å². The summed E-state index contributed by atoms with van der Waals surface area (Å²) in [4.78, 5) is 12.2. The van der Waals surface area contributed by atoms with E-state index in [0.717, 1.165) is 11.4 Å². The number of carbonyl (C=O) groups is 1. The van der Waals surface area contributed by atoms with Crippen LogP contribution in [-0.4, -0.2) is 22.5 Å². The van der Waals surface area contributed by atoms with E-state index in [0.29, 0.717) is 23.6 Å². The maximum atomic E-state index is 12.2. The van der Waals surface area contributed by atoms with Crippen molar-refractivity contribution in [1.82, 2.24) is 9.78 Å². The molecule has 2 heterocycles. The van der Waals surface area contributed by atoms with Crippen LogP contribution in [0.5, 0.6) is 11.5 Å². The number of ether oxygens (including phenoxy) is 2. The second-order valence-corrected chi connectivity index (χ2v) is 5.54. The first-order valence-corrected chi connectivity index (χ1v) is 7.25. The maximum Gasteiger partial charge on any atom is 0.231 e. The summed E-state index contributed by atoms with van der Waals surface area (Å²) in [7, 11) is 0. The third-order valence-electron chi connectivity index (χ3n) is 3.60. The van der Waals surface area contributed by atoms with Gasteiger partial charge in [-0.05, 0) is 39.0 Å². The van der Waals surface area contributed by atoms with Gasteiger partial charge in [-0.25, -0.2) is 0 Å². The van der Waals surface area contributed by atoms with Crippen molar-refractivity contribution < 1.29 is 14.3 Å². The molecule has 1 aliphatic heterocycles. The molecule has 22 heavy (non-hydrogen) atoms. The van der Waals surface area contributed by atoms with E-state index < -0.39 is 0 Å². The molecule has 3 rings (SSSR count). The second-order valence-electron chi connectivity index (χ2n) is 5.54. The summed E-state index contributed by atoms with van der Waals surface area (Å²) in [5.74, 6) is 1.30. The van der Waals surface area contributed by atoms with Gasteiger partial charge in [-0.2, -0.15) is 5.10 Å². The number of carbonyl (C=O) groups excluding carboxylic acids is 1. The van der Waals surface area contributed by atoms with Crippen LogP contribution in [0, 0.1) is 13.8 Å². The summed E-state index contributed by atoms with van der Waals surface area (Å²) in [6.45, 7) is 6.15. The molecule has 0 radical (unpaired) electrons. The molecule has 1 aromatic carbocycles. The summed E-state index contributed by atoms with van der Waals surface area (Å²) in [5.41, 5.74) is 2.72. The van der Waals surface area contributed by atoms with Crippen LogP contribution in [-0.2, 0) is 4.79 Å². The quantitative estimate of drug-likeness (QED) is 0.943. The lowest BCUT2D eigenvalue weighted by molar-refractivity contribution is -0.116. The van der Waals surface area contributed by atoms with Crippen LogP contribution in [0.3, 0.4) is 0 Å². The Bertz CT molecular complexity index is 709. The number of anilines is 1. The molecule has 1 atom stereocenters. The fourth-order valence-corrected chi connectivity index (χ4v) is 2.63. The molecule has 0 fully saturated rings. The first-order chi connectivity index (χ1) is 10.5. The molecule has 0 aliphatic carbocycles. The summed E-state index contributed by atoms with van der Waals surface area (Å²) < 4.78 is 12.4. The van der Waals surface area contributed by atoms with Gasteiger partial charge in [0.1, 0.15) is 0 Å². The maximum absolute atomic E-state index is 12.2. The minimum Gasteiger partial charge on any atom is -0.454 e. The molecule has 0 bridgehead atoms. The molecule has 0 saturated carbocycles. The van der Waals surface area contributed by atoms with Crippen molar-refractivity contribution in [3.05, 3.63) is 35.7 Å². The number of hydrogen-bond acceptors (Lipinski definition) is 4. The number of amides is 1. The van der Waals surface area contributed by atoms with Gasteiger partial charge in [0.15, 0.2) is 11.5 Å². The molecular weight excluding hydrogens is 282 g/mol. The van der Waals surface area contributed by atoms with E-state index in [9.17, 15) is 4.79 Å². The van der Waals surface area contributed by atoms with Gasteiger partial charge in [-0.1, -0.05) is 0 Å². The number of aromatic nitrogens is 2. The minimum atomic E-state index is -0.0566. The first-order valence-electron chi connectivity index (χ1n) is 7.25.